The van der Waals surface area contributed by atoms with Crippen LogP contribution in [0.4, 0.5) is 24.9 Å². The van der Waals surface area contributed by atoms with E-state index in [2.05, 4.69) is 15.3 Å². The van der Waals surface area contributed by atoms with E-state index in [1.807, 2.05) is 0 Å². The number of rotatable bonds is 9. The van der Waals surface area contributed by atoms with Crippen molar-refractivity contribution in [2.75, 3.05) is 30.0 Å². The summed E-state index contributed by atoms with van der Waals surface area (Å²) < 4.78 is 49.0. The lowest BCUT2D eigenvalue weighted by Crippen LogP contribution is -2.57. The summed E-state index contributed by atoms with van der Waals surface area (Å²) in [4.78, 5) is 34.8. The Morgan fingerprint density at radius 2 is 2.12 bits per heavy atom. The number of ether oxygens (including phenoxy) is 1. The number of Topliss-reactive ketones (excluding diaryl/α,β-unsaturated/α-hetero) is 1. The minimum absolute atomic E-state index is 0.0385. The number of pyridine rings is 1. The van der Waals surface area contributed by atoms with Crippen LogP contribution in [-0.2, 0) is 11.3 Å². The number of carbonyl (C=O) groups is 1. The summed E-state index contributed by atoms with van der Waals surface area (Å²) in [6.07, 6.45) is -1.58. The van der Waals surface area contributed by atoms with Gasteiger partial charge in [0.25, 0.3) is 5.56 Å². The molecule has 2 atom stereocenters. The van der Waals surface area contributed by atoms with Crippen LogP contribution in [-0.4, -0.2) is 58.0 Å². The molecular weight excluding hydrogens is 453 g/mol. The molecule has 0 amide bonds. The van der Waals surface area contributed by atoms with Crippen molar-refractivity contribution in [3.05, 3.63) is 46.0 Å². The quantitative estimate of drug-likeness (QED) is 0.414. The molecule has 1 aliphatic heterocycles. The summed E-state index contributed by atoms with van der Waals surface area (Å²) in [7, 11) is 0. The Bertz CT molecular complexity index is 1120. The number of carbonyl (C=O) groups excluding carboxylic acids is 1. The topological polar surface area (TPSA) is 115 Å². The van der Waals surface area contributed by atoms with Gasteiger partial charge in [-0.2, -0.15) is 18.2 Å². The molecule has 0 radical (unpaired) electrons. The maximum Gasteiger partial charge on any atom is 0.413 e. The average molecular weight is 480 g/mol. The molecule has 34 heavy (non-hydrogen) atoms. The van der Waals surface area contributed by atoms with Gasteiger partial charge in [0.2, 0.25) is 5.95 Å². The maximum absolute atomic E-state index is 14.2. The first-order valence-corrected chi connectivity index (χ1v) is 11.0. The standard InChI is InChI=1S/C22H27F3N6O3/c1-13-3-4-15(8-27-13)16(32)10-31-20-29-18(28-9-17(34-12-26)14-5-6-14)7-19(33)30(20)11-21(31,2)22(23,24)25/h3-4,7-8,14,17,28H,5-6,9-12,26H2,1-2H3/t17-,21?/m1/s1. The first-order valence-electron chi connectivity index (χ1n) is 11.0. The molecule has 0 aromatic carbocycles. The third-order valence-corrected chi connectivity index (χ3v) is 6.38. The fourth-order valence-electron chi connectivity index (χ4n) is 4.07. The largest absolute Gasteiger partial charge is 0.413 e. The number of nitrogens with two attached hydrogens (primary N) is 1. The first-order chi connectivity index (χ1) is 16.0. The fraction of sp³-hybridized carbons (Fsp3) is 0.545. The van der Waals surface area contributed by atoms with Crippen LogP contribution in [0.1, 0.15) is 35.8 Å². The summed E-state index contributed by atoms with van der Waals surface area (Å²) in [5, 5.41) is 2.99. The number of nitrogens with zero attached hydrogens (tertiary/aromatic N) is 4. The molecule has 4 rings (SSSR count). The summed E-state index contributed by atoms with van der Waals surface area (Å²) in [6, 6.07) is 4.28. The monoisotopic (exact) mass is 480 g/mol. The summed E-state index contributed by atoms with van der Waals surface area (Å²) >= 11 is 0. The molecule has 9 nitrogen and oxygen atoms in total. The lowest BCUT2D eigenvalue weighted by atomic mass is 10.00. The lowest BCUT2D eigenvalue weighted by Gasteiger charge is -2.36. The van der Waals surface area contributed by atoms with Gasteiger partial charge in [0.15, 0.2) is 11.3 Å². The zero-order valence-corrected chi connectivity index (χ0v) is 18.9. The highest BCUT2D eigenvalue weighted by Crippen LogP contribution is 2.43. The van der Waals surface area contributed by atoms with Gasteiger partial charge in [-0.15, -0.1) is 0 Å². The van der Waals surface area contributed by atoms with E-state index in [9.17, 15) is 22.8 Å². The van der Waals surface area contributed by atoms with Crippen molar-refractivity contribution >= 4 is 17.5 Å². The Kier molecular flexibility index (Phi) is 6.38. The SMILES string of the molecule is Cc1ccc(C(=O)CN2c3nc(NC[C@@H](OCN)C4CC4)cc(=O)n3CC2(C)C(F)(F)F)cn1. The van der Waals surface area contributed by atoms with Crippen LogP contribution in [0.5, 0.6) is 0 Å². The van der Waals surface area contributed by atoms with Crippen molar-refractivity contribution in [2.45, 2.75) is 51.1 Å². The highest BCUT2D eigenvalue weighted by Gasteiger charge is 2.60. The predicted octanol–water partition coefficient (Wildman–Crippen LogP) is 2.09. The second-order valence-corrected chi connectivity index (χ2v) is 8.93. The second kappa shape index (κ2) is 8.99. The lowest BCUT2D eigenvalue weighted by molar-refractivity contribution is -0.181. The molecule has 0 spiro atoms. The van der Waals surface area contributed by atoms with Gasteiger partial charge in [0.05, 0.1) is 25.9 Å². The molecule has 1 saturated carbocycles. The van der Waals surface area contributed by atoms with E-state index < -0.39 is 36.1 Å². The van der Waals surface area contributed by atoms with E-state index >= 15 is 0 Å². The van der Waals surface area contributed by atoms with Crippen molar-refractivity contribution in [2.24, 2.45) is 11.7 Å². The van der Waals surface area contributed by atoms with Crippen LogP contribution in [0.3, 0.4) is 0 Å². The third-order valence-electron chi connectivity index (χ3n) is 6.38. The van der Waals surface area contributed by atoms with E-state index in [0.717, 1.165) is 35.3 Å². The molecular formula is C22H27F3N6O3. The first kappa shape index (κ1) is 24.1. The second-order valence-electron chi connectivity index (χ2n) is 8.93. The van der Waals surface area contributed by atoms with Crippen molar-refractivity contribution in [3.8, 4) is 0 Å². The molecule has 1 unspecified atom stereocenters. The number of anilines is 2. The molecule has 2 aromatic heterocycles. The van der Waals surface area contributed by atoms with Crippen LogP contribution in [0.2, 0.25) is 0 Å². The van der Waals surface area contributed by atoms with Gasteiger partial charge in [-0.25, -0.2) is 0 Å². The van der Waals surface area contributed by atoms with Gasteiger partial charge in [-0.1, -0.05) is 0 Å². The molecule has 3 heterocycles. The van der Waals surface area contributed by atoms with Gasteiger partial charge in [0.1, 0.15) is 5.82 Å². The molecule has 12 heteroatoms. The minimum atomic E-state index is -4.72. The van der Waals surface area contributed by atoms with Crippen molar-refractivity contribution < 1.29 is 22.7 Å². The number of alkyl halides is 3. The molecule has 2 aliphatic rings. The molecule has 1 fully saturated rings. The van der Waals surface area contributed by atoms with Crippen LogP contribution >= 0.6 is 0 Å². The van der Waals surface area contributed by atoms with Crippen LogP contribution in [0.25, 0.3) is 0 Å². The Balaban J connectivity index is 1.64. The van der Waals surface area contributed by atoms with Gasteiger partial charge < -0.3 is 20.7 Å². The highest BCUT2D eigenvalue weighted by molar-refractivity contribution is 5.99. The zero-order chi connectivity index (χ0) is 24.7. The smallest absolute Gasteiger partial charge is 0.367 e. The number of hydrogen-bond acceptors (Lipinski definition) is 8. The Morgan fingerprint density at radius 1 is 1.38 bits per heavy atom. The molecule has 0 bridgehead atoms. The summed E-state index contributed by atoms with van der Waals surface area (Å²) in [5.74, 6) is -0.319. The fourth-order valence-corrected chi connectivity index (χ4v) is 4.07. The van der Waals surface area contributed by atoms with Gasteiger partial charge >= 0.3 is 6.18 Å². The molecule has 0 saturated heterocycles. The molecule has 2 aromatic rings. The normalized spacial score (nSPS) is 20.8. The van der Waals surface area contributed by atoms with E-state index in [1.165, 1.54) is 12.3 Å². The van der Waals surface area contributed by atoms with Crippen LogP contribution < -0.4 is 21.5 Å². The van der Waals surface area contributed by atoms with E-state index in [4.69, 9.17) is 10.5 Å². The number of fused-ring (bicyclic) bond motifs is 1. The van der Waals surface area contributed by atoms with Crippen LogP contribution in [0.15, 0.2) is 29.2 Å². The molecule has 3 N–H and O–H groups in total. The Morgan fingerprint density at radius 3 is 2.71 bits per heavy atom. The van der Waals surface area contributed by atoms with E-state index in [-0.39, 0.29) is 30.2 Å². The summed E-state index contributed by atoms with van der Waals surface area (Å²) in [6.45, 7) is 1.77. The van der Waals surface area contributed by atoms with Crippen molar-refractivity contribution in [1.82, 2.24) is 14.5 Å². The van der Waals surface area contributed by atoms with Gasteiger partial charge in [-0.3, -0.25) is 19.1 Å². The van der Waals surface area contributed by atoms with Gasteiger partial charge in [-0.05, 0) is 44.7 Å². The maximum atomic E-state index is 14.2. The Hall–Kier alpha value is -2.99. The van der Waals surface area contributed by atoms with Crippen molar-refractivity contribution in [1.29, 1.82) is 0 Å². The zero-order valence-electron chi connectivity index (χ0n) is 18.9. The number of hydrogen-bond donors (Lipinski definition) is 2. The predicted molar refractivity (Wildman–Crippen MR) is 119 cm³/mol. The van der Waals surface area contributed by atoms with Gasteiger partial charge in [0, 0.05) is 30.1 Å². The average Bonchev–Trinajstić information content (AvgIpc) is 3.57. The van der Waals surface area contributed by atoms with E-state index in [1.54, 1.807) is 13.0 Å². The Labute approximate surface area is 194 Å². The molecule has 1 aliphatic carbocycles. The number of aryl methyl sites for hydroxylation is 1. The number of aromatic nitrogens is 3. The van der Waals surface area contributed by atoms with Crippen LogP contribution in [0, 0.1) is 12.8 Å². The molecule has 184 valence electrons. The third kappa shape index (κ3) is 4.64. The minimum Gasteiger partial charge on any atom is -0.367 e. The number of nitrogens with one attached hydrogen (secondary N) is 1. The number of ketones is 1. The van der Waals surface area contributed by atoms with E-state index in [0.29, 0.717) is 18.2 Å². The highest BCUT2D eigenvalue weighted by atomic mass is 19.4. The van der Waals surface area contributed by atoms with Crippen molar-refractivity contribution in [3.63, 3.8) is 0 Å². The number of halogens is 3. The summed E-state index contributed by atoms with van der Waals surface area (Å²) in [5.41, 5.74) is 3.21.